The molecule has 5 rings (SSSR count). The molecule has 166 valence electrons. The molecule has 32 heavy (non-hydrogen) atoms. The highest BCUT2D eigenvalue weighted by molar-refractivity contribution is 6.31. The number of nitrogens with one attached hydrogen (secondary N) is 1. The van der Waals surface area contributed by atoms with Crippen LogP contribution in [0.5, 0.6) is 0 Å². The normalized spacial score (nSPS) is 20.3. The molecule has 0 unspecified atom stereocenters. The number of halogens is 1. The van der Waals surface area contributed by atoms with Crippen molar-refractivity contribution in [2.45, 2.75) is 45.5 Å². The smallest absolute Gasteiger partial charge is 0.257 e. The Balaban J connectivity index is 1.53. The number of aromatic nitrogens is 2. The summed E-state index contributed by atoms with van der Waals surface area (Å²) in [6, 6.07) is 15.5. The summed E-state index contributed by atoms with van der Waals surface area (Å²) in [4.78, 5) is 15.5. The number of carbonyl (C=O) groups excluding carboxylic acids is 1. The quantitative estimate of drug-likeness (QED) is 0.597. The van der Waals surface area contributed by atoms with E-state index in [2.05, 4.69) is 12.2 Å². The van der Waals surface area contributed by atoms with Gasteiger partial charge in [0.05, 0.1) is 23.9 Å². The van der Waals surface area contributed by atoms with Crippen molar-refractivity contribution in [2.75, 3.05) is 18.5 Å². The second-order valence-corrected chi connectivity index (χ2v) is 8.93. The predicted octanol–water partition coefficient (Wildman–Crippen LogP) is 4.95. The number of aryl methyl sites for hydroxylation is 1. The molecule has 2 aromatic carbocycles. The standard InChI is InChI=1S/C25H27ClN4O2/c1-16-23(17(2)30(28-16)14-18-8-3-5-11-21(18)26)24-27-22-12-6-4-10-20(22)25(31)29(24)15-19-9-7-13-32-19/h3-6,8,10-12,19,24,27H,7,9,13-15H2,1-2H3/t19-,24+/m0/s1. The number of fused-ring (bicyclic) bond motifs is 1. The molecule has 0 radical (unpaired) electrons. The highest BCUT2D eigenvalue weighted by Crippen LogP contribution is 2.36. The van der Waals surface area contributed by atoms with E-state index in [1.165, 1.54) is 0 Å². The monoisotopic (exact) mass is 450 g/mol. The van der Waals surface area contributed by atoms with E-state index in [0.29, 0.717) is 18.7 Å². The molecule has 1 saturated heterocycles. The second kappa shape index (κ2) is 8.60. The molecular formula is C25H27ClN4O2. The molecule has 0 aliphatic carbocycles. The molecule has 1 fully saturated rings. The summed E-state index contributed by atoms with van der Waals surface area (Å²) in [6.45, 7) is 5.95. The van der Waals surface area contributed by atoms with Crippen molar-refractivity contribution in [1.29, 1.82) is 0 Å². The van der Waals surface area contributed by atoms with Gasteiger partial charge in [-0.05, 0) is 50.5 Å². The van der Waals surface area contributed by atoms with Crippen molar-refractivity contribution in [2.24, 2.45) is 0 Å². The van der Waals surface area contributed by atoms with E-state index in [-0.39, 0.29) is 18.2 Å². The van der Waals surface area contributed by atoms with Crippen LogP contribution in [-0.2, 0) is 11.3 Å². The van der Waals surface area contributed by atoms with Crippen molar-refractivity contribution < 1.29 is 9.53 Å². The summed E-state index contributed by atoms with van der Waals surface area (Å²) in [5.74, 6) is 0.0255. The Morgan fingerprint density at radius 2 is 1.94 bits per heavy atom. The van der Waals surface area contributed by atoms with Crippen LogP contribution in [0.15, 0.2) is 48.5 Å². The topological polar surface area (TPSA) is 59.4 Å². The lowest BCUT2D eigenvalue weighted by Crippen LogP contribution is -2.46. The number of benzene rings is 2. The minimum atomic E-state index is -0.304. The molecule has 3 heterocycles. The van der Waals surface area contributed by atoms with Gasteiger partial charge in [-0.15, -0.1) is 0 Å². The maximum Gasteiger partial charge on any atom is 0.257 e. The minimum absolute atomic E-state index is 0.0255. The molecule has 2 atom stereocenters. The van der Waals surface area contributed by atoms with Gasteiger partial charge in [0.1, 0.15) is 6.17 Å². The van der Waals surface area contributed by atoms with Crippen LogP contribution in [0.1, 0.15) is 51.9 Å². The zero-order chi connectivity index (χ0) is 22.2. The Labute approximate surface area is 193 Å². The van der Waals surface area contributed by atoms with Crippen LogP contribution in [0, 0.1) is 13.8 Å². The number of hydrogen-bond donors (Lipinski definition) is 1. The van der Waals surface area contributed by atoms with Gasteiger partial charge in [-0.2, -0.15) is 5.10 Å². The van der Waals surface area contributed by atoms with Crippen LogP contribution in [0.25, 0.3) is 0 Å². The summed E-state index contributed by atoms with van der Waals surface area (Å²) < 4.78 is 7.85. The molecule has 1 aromatic heterocycles. The molecule has 6 nitrogen and oxygen atoms in total. The summed E-state index contributed by atoms with van der Waals surface area (Å²) in [5.41, 5.74) is 5.50. The third-order valence-corrected chi connectivity index (χ3v) is 6.80. The van der Waals surface area contributed by atoms with Crippen molar-refractivity contribution >= 4 is 23.2 Å². The fourth-order valence-electron chi connectivity index (χ4n) is 4.77. The number of hydrogen-bond acceptors (Lipinski definition) is 4. The van der Waals surface area contributed by atoms with Crippen molar-refractivity contribution in [3.05, 3.63) is 81.6 Å². The van der Waals surface area contributed by atoms with Gasteiger partial charge in [0.15, 0.2) is 0 Å². The van der Waals surface area contributed by atoms with E-state index in [0.717, 1.165) is 52.7 Å². The lowest BCUT2D eigenvalue weighted by atomic mass is 10.0. The molecular weight excluding hydrogens is 424 g/mol. The highest BCUT2D eigenvalue weighted by Gasteiger charge is 2.37. The molecule has 1 N–H and O–H groups in total. The maximum atomic E-state index is 13.5. The van der Waals surface area contributed by atoms with Crippen molar-refractivity contribution in [3.8, 4) is 0 Å². The fraction of sp³-hybridized carbons (Fsp3) is 0.360. The maximum absolute atomic E-state index is 13.5. The van der Waals surface area contributed by atoms with Gasteiger partial charge < -0.3 is 15.0 Å². The van der Waals surface area contributed by atoms with Crippen molar-refractivity contribution in [3.63, 3.8) is 0 Å². The summed E-state index contributed by atoms with van der Waals surface area (Å²) in [5, 5.41) is 9.15. The number of ether oxygens (including phenoxy) is 1. The molecule has 1 amide bonds. The highest BCUT2D eigenvalue weighted by atomic mass is 35.5. The zero-order valence-corrected chi connectivity index (χ0v) is 19.1. The minimum Gasteiger partial charge on any atom is -0.376 e. The SMILES string of the molecule is Cc1nn(Cc2ccccc2Cl)c(C)c1[C@@H]1Nc2ccccc2C(=O)N1C[C@@H]1CCCO1. The average molecular weight is 451 g/mol. The molecule has 2 aliphatic heterocycles. The molecule has 7 heteroatoms. The number of nitrogens with zero attached hydrogens (tertiary/aromatic N) is 3. The Kier molecular flexibility index (Phi) is 5.66. The van der Waals surface area contributed by atoms with Crippen LogP contribution < -0.4 is 5.32 Å². The van der Waals surface area contributed by atoms with Gasteiger partial charge in [-0.1, -0.05) is 41.9 Å². The zero-order valence-electron chi connectivity index (χ0n) is 18.3. The molecule has 0 bridgehead atoms. The summed E-state index contributed by atoms with van der Waals surface area (Å²) >= 11 is 6.40. The third kappa shape index (κ3) is 3.78. The number of amides is 1. The van der Waals surface area contributed by atoms with Gasteiger partial charge in [-0.3, -0.25) is 9.48 Å². The van der Waals surface area contributed by atoms with E-state index in [1.54, 1.807) is 0 Å². The number of carbonyl (C=O) groups is 1. The molecule has 3 aromatic rings. The first kappa shape index (κ1) is 21.0. The van der Waals surface area contributed by atoms with Crippen LogP contribution in [0.2, 0.25) is 5.02 Å². The lowest BCUT2D eigenvalue weighted by molar-refractivity contribution is 0.0425. The van der Waals surface area contributed by atoms with Crippen LogP contribution in [-0.4, -0.2) is 39.8 Å². The van der Waals surface area contributed by atoms with Crippen LogP contribution >= 0.6 is 11.6 Å². The van der Waals surface area contributed by atoms with Gasteiger partial charge in [0, 0.05) is 35.1 Å². The summed E-state index contributed by atoms with van der Waals surface area (Å²) in [6.07, 6.45) is 1.77. The molecule has 2 aliphatic rings. The first-order valence-electron chi connectivity index (χ1n) is 11.1. The van der Waals surface area contributed by atoms with Crippen LogP contribution in [0.3, 0.4) is 0 Å². The first-order valence-corrected chi connectivity index (χ1v) is 11.5. The van der Waals surface area contributed by atoms with Gasteiger partial charge >= 0.3 is 0 Å². The van der Waals surface area contributed by atoms with Gasteiger partial charge in [0.25, 0.3) is 5.91 Å². The number of para-hydroxylation sites is 1. The first-order chi connectivity index (χ1) is 15.5. The van der Waals surface area contributed by atoms with Gasteiger partial charge in [-0.25, -0.2) is 0 Å². The van der Waals surface area contributed by atoms with Gasteiger partial charge in [0.2, 0.25) is 0 Å². The number of anilines is 1. The summed E-state index contributed by atoms with van der Waals surface area (Å²) in [7, 11) is 0. The Bertz CT molecular complexity index is 1150. The van der Waals surface area contributed by atoms with E-state index < -0.39 is 0 Å². The third-order valence-electron chi connectivity index (χ3n) is 6.44. The predicted molar refractivity (Wildman–Crippen MR) is 125 cm³/mol. The number of rotatable bonds is 5. The van der Waals surface area contributed by atoms with E-state index >= 15 is 0 Å². The second-order valence-electron chi connectivity index (χ2n) is 8.52. The molecule has 0 spiro atoms. The van der Waals surface area contributed by atoms with E-state index in [1.807, 2.05) is 65.0 Å². The fourth-order valence-corrected chi connectivity index (χ4v) is 4.96. The largest absolute Gasteiger partial charge is 0.376 e. The Hall–Kier alpha value is -2.83. The van der Waals surface area contributed by atoms with Crippen molar-refractivity contribution in [1.82, 2.24) is 14.7 Å². The lowest BCUT2D eigenvalue weighted by Gasteiger charge is -2.39. The van der Waals surface area contributed by atoms with E-state index in [4.69, 9.17) is 21.4 Å². The Morgan fingerprint density at radius 1 is 1.16 bits per heavy atom. The Morgan fingerprint density at radius 3 is 2.72 bits per heavy atom. The van der Waals surface area contributed by atoms with Crippen LogP contribution in [0.4, 0.5) is 5.69 Å². The molecule has 0 saturated carbocycles. The van der Waals surface area contributed by atoms with E-state index in [9.17, 15) is 4.79 Å². The average Bonchev–Trinajstić information content (AvgIpc) is 3.40.